The number of rotatable bonds is 5. The van der Waals surface area contributed by atoms with Crippen molar-refractivity contribution in [2.45, 2.75) is 32.1 Å². The minimum absolute atomic E-state index is 0.0457. The normalized spacial score (nSPS) is 15.2. The molecule has 1 N–H and O–H groups in total. The van der Waals surface area contributed by atoms with E-state index in [1.807, 2.05) is 24.3 Å². The van der Waals surface area contributed by atoms with Gasteiger partial charge in [0.1, 0.15) is 5.01 Å². The van der Waals surface area contributed by atoms with Gasteiger partial charge in [-0.25, -0.2) is 4.98 Å². The van der Waals surface area contributed by atoms with Crippen molar-refractivity contribution in [2.75, 3.05) is 6.54 Å². The van der Waals surface area contributed by atoms with Crippen LogP contribution in [0.4, 0.5) is 0 Å². The number of allylic oxidation sites excluding steroid dienone is 1. The third-order valence-corrected chi connectivity index (χ3v) is 4.82. The molecule has 3 nitrogen and oxygen atoms in total. The van der Waals surface area contributed by atoms with Crippen LogP contribution in [-0.2, 0) is 4.79 Å². The molecule has 1 aromatic heterocycles. The van der Waals surface area contributed by atoms with Gasteiger partial charge in [-0.3, -0.25) is 4.79 Å². The van der Waals surface area contributed by atoms with E-state index >= 15 is 0 Å². The molecule has 0 saturated carbocycles. The lowest BCUT2D eigenvalue weighted by molar-refractivity contribution is -0.116. The zero-order valence-electron chi connectivity index (χ0n) is 12.5. The molecule has 22 heavy (non-hydrogen) atoms. The topological polar surface area (TPSA) is 42.0 Å². The number of hydrogen-bond donors (Lipinski definition) is 1. The SMILES string of the molecule is O=C(/C=C/c1nc2ccccc2s1)NCCC1=CCCCC1. The number of carbonyl (C=O) groups excluding carboxylic acids is 1. The van der Waals surface area contributed by atoms with Gasteiger partial charge in [-0.05, 0) is 50.3 Å². The largest absolute Gasteiger partial charge is 0.352 e. The van der Waals surface area contributed by atoms with E-state index in [9.17, 15) is 4.79 Å². The fraction of sp³-hybridized carbons (Fsp3) is 0.333. The third-order valence-electron chi connectivity index (χ3n) is 3.82. The molecule has 1 aliphatic rings. The fourth-order valence-corrected chi connectivity index (χ4v) is 3.52. The molecule has 1 aromatic carbocycles. The Kier molecular flexibility index (Phi) is 5.01. The highest BCUT2D eigenvalue weighted by Gasteiger charge is 2.04. The summed E-state index contributed by atoms with van der Waals surface area (Å²) < 4.78 is 1.15. The zero-order chi connectivity index (χ0) is 15.2. The minimum Gasteiger partial charge on any atom is -0.352 e. The van der Waals surface area contributed by atoms with Crippen LogP contribution in [0.5, 0.6) is 0 Å². The number of para-hydroxylation sites is 1. The van der Waals surface area contributed by atoms with E-state index in [-0.39, 0.29) is 5.91 Å². The average Bonchev–Trinajstić information content (AvgIpc) is 2.97. The molecule has 0 bridgehead atoms. The highest BCUT2D eigenvalue weighted by Crippen LogP contribution is 2.22. The third kappa shape index (κ3) is 4.04. The number of nitrogens with one attached hydrogen (secondary N) is 1. The molecule has 0 fully saturated rings. The number of benzene rings is 1. The molecule has 0 unspecified atom stereocenters. The van der Waals surface area contributed by atoms with Crippen molar-refractivity contribution in [3.05, 3.63) is 47.0 Å². The van der Waals surface area contributed by atoms with E-state index < -0.39 is 0 Å². The maximum atomic E-state index is 11.8. The Labute approximate surface area is 134 Å². The maximum Gasteiger partial charge on any atom is 0.244 e. The summed E-state index contributed by atoms with van der Waals surface area (Å²) >= 11 is 1.60. The summed E-state index contributed by atoms with van der Waals surface area (Å²) in [5.41, 5.74) is 2.47. The quantitative estimate of drug-likeness (QED) is 0.660. The van der Waals surface area contributed by atoms with E-state index in [1.54, 1.807) is 23.5 Å². The predicted octanol–water partition coefficient (Wildman–Crippen LogP) is 4.32. The Morgan fingerprint density at radius 1 is 1.32 bits per heavy atom. The molecule has 114 valence electrons. The highest BCUT2D eigenvalue weighted by atomic mass is 32.1. The van der Waals surface area contributed by atoms with E-state index in [2.05, 4.69) is 16.4 Å². The number of amides is 1. The van der Waals surface area contributed by atoms with E-state index in [0.717, 1.165) is 28.2 Å². The molecule has 3 rings (SSSR count). The van der Waals surface area contributed by atoms with E-state index in [0.29, 0.717) is 0 Å². The Bertz CT molecular complexity index is 682. The first-order chi connectivity index (χ1) is 10.8. The summed E-state index contributed by atoms with van der Waals surface area (Å²) in [6, 6.07) is 8.01. The standard InChI is InChI=1S/C18H20N2OS/c21-17(19-13-12-14-6-2-1-3-7-14)10-11-18-20-15-8-4-5-9-16(15)22-18/h4-6,8-11H,1-3,7,12-13H2,(H,19,21)/b11-10+. The lowest BCUT2D eigenvalue weighted by atomic mass is 9.97. The van der Waals surface area contributed by atoms with Crippen LogP contribution >= 0.6 is 11.3 Å². The van der Waals surface area contributed by atoms with Gasteiger partial charge in [0.15, 0.2) is 0 Å². The Hall–Kier alpha value is -1.94. The van der Waals surface area contributed by atoms with Crippen LogP contribution < -0.4 is 5.32 Å². The van der Waals surface area contributed by atoms with Crippen LogP contribution in [0.15, 0.2) is 42.0 Å². The van der Waals surface area contributed by atoms with Crippen LogP contribution in [0.3, 0.4) is 0 Å². The first-order valence-corrected chi connectivity index (χ1v) is 8.62. The fourth-order valence-electron chi connectivity index (χ4n) is 2.65. The van der Waals surface area contributed by atoms with Gasteiger partial charge in [0.05, 0.1) is 10.2 Å². The number of hydrogen-bond acceptors (Lipinski definition) is 3. The summed E-state index contributed by atoms with van der Waals surface area (Å²) in [6.07, 6.45) is 11.6. The van der Waals surface area contributed by atoms with Gasteiger partial charge in [0.2, 0.25) is 5.91 Å². The smallest absolute Gasteiger partial charge is 0.244 e. The highest BCUT2D eigenvalue weighted by molar-refractivity contribution is 7.19. The molecule has 0 radical (unpaired) electrons. The number of carbonyl (C=O) groups is 1. The van der Waals surface area contributed by atoms with Crippen LogP contribution in [0.2, 0.25) is 0 Å². The van der Waals surface area contributed by atoms with Crippen molar-refractivity contribution in [2.24, 2.45) is 0 Å². The van der Waals surface area contributed by atoms with Crippen LogP contribution in [0.1, 0.15) is 37.1 Å². The monoisotopic (exact) mass is 312 g/mol. The van der Waals surface area contributed by atoms with Crippen LogP contribution in [0, 0.1) is 0 Å². The van der Waals surface area contributed by atoms with Crippen molar-refractivity contribution in [1.82, 2.24) is 10.3 Å². The molecule has 0 aliphatic heterocycles. The van der Waals surface area contributed by atoms with Crippen molar-refractivity contribution in [3.8, 4) is 0 Å². The van der Waals surface area contributed by atoms with Gasteiger partial charge in [0, 0.05) is 12.6 Å². The van der Waals surface area contributed by atoms with Crippen molar-refractivity contribution in [3.63, 3.8) is 0 Å². The molecule has 0 saturated heterocycles. The van der Waals surface area contributed by atoms with Gasteiger partial charge in [0.25, 0.3) is 0 Å². The molecule has 4 heteroatoms. The van der Waals surface area contributed by atoms with Crippen LogP contribution in [0.25, 0.3) is 16.3 Å². The molecule has 1 heterocycles. The second-order valence-corrected chi connectivity index (χ2v) is 6.56. The first kappa shape index (κ1) is 15.0. The Morgan fingerprint density at radius 2 is 2.23 bits per heavy atom. The zero-order valence-corrected chi connectivity index (χ0v) is 13.4. The van der Waals surface area contributed by atoms with Crippen molar-refractivity contribution < 1.29 is 4.79 Å². The summed E-state index contributed by atoms with van der Waals surface area (Å²) in [4.78, 5) is 16.3. The summed E-state index contributed by atoms with van der Waals surface area (Å²) in [5, 5.41) is 3.81. The van der Waals surface area contributed by atoms with Crippen LogP contribution in [-0.4, -0.2) is 17.4 Å². The molecule has 1 amide bonds. The predicted molar refractivity (Wildman–Crippen MR) is 92.8 cm³/mol. The summed E-state index contributed by atoms with van der Waals surface area (Å²) in [5.74, 6) is -0.0457. The van der Waals surface area contributed by atoms with Gasteiger partial charge < -0.3 is 5.32 Å². The molecule has 2 aromatic rings. The molecular formula is C18H20N2OS. The molecule has 1 aliphatic carbocycles. The number of fused-ring (bicyclic) bond motifs is 1. The van der Waals surface area contributed by atoms with Gasteiger partial charge >= 0.3 is 0 Å². The molecule has 0 spiro atoms. The summed E-state index contributed by atoms with van der Waals surface area (Å²) in [6.45, 7) is 0.717. The van der Waals surface area contributed by atoms with Crippen molar-refractivity contribution in [1.29, 1.82) is 0 Å². The average molecular weight is 312 g/mol. The lowest BCUT2D eigenvalue weighted by Crippen LogP contribution is -2.22. The first-order valence-electron chi connectivity index (χ1n) is 7.81. The van der Waals surface area contributed by atoms with Gasteiger partial charge in [-0.2, -0.15) is 0 Å². The van der Waals surface area contributed by atoms with Gasteiger partial charge in [-0.1, -0.05) is 23.8 Å². The minimum atomic E-state index is -0.0457. The summed E-state index contributed by atoms with van der Waals surface area (Å²) in [7, 11) is 0. The maximum absolute atomic E-state index is 11.8. The van der Waals surface area contributed by atoms with Crippen molar-refractivity contribution >= 4 is 33.5 Å². The molecule has 0 atom stereocenters. The number of thiazole rings is 1. The number of nitrogens with zero attached hydrogens (tertiary/aromatic N) is 1. The van der Waals surface area contributed by atoms with Gasteiger partial charge in [-0.15, -0.1) is 11.3 Å². The lowest BCUT2D eigenvalue weighted by Gasteiger charge is -2.12. The Balaban J connectivity index is 1.49. The van der Waals surface area contributed by atoms with E-state index in [4.69, 9.17) is 0 Å². The second-order valence-electron chi connectivity index (χ2n) is 5.50. The Morgan fingerprint density at radius 3 is 3.05 bits per heavy atom. The second kappa shape index (κ2) is 7.36. The molecular weight excluding hydrogens is 292 g/mol. The number of aromatic nitrogens is 1. The van der Waals surface area contributed by atoms with E-state index in [1.165, 1.54) is 31.3 Å².